The van der Waals surface area contributed by atoms with Gasteiger partial charge in [-0.25, -0.2) is 4.98 Å². The summed E-state index contributed by atoms with van der Waals surface area (Å²) in [5, 5.41) is 3.71. The number of anilines is 1. The Bertz CT molecular complexity index is 551. The van der Waals surface area contributed by atoms with Gasteiger partial charge >= 0.3 is 0 Å². The maximum absolute atomic E-state index is 4.44. The molecule has 3 nitrogen and oxygen atoms in total. The fraction of sp³-hybridized carbons (Fsp3) is 0.471. The average molecular weight is 301 g/mol. The number of aromatic nitrogens is 1. The Morgan fingerprint density at radius 3 is 2.71 bits per heavy atom. The van der Waals surface area contributed by atoms with Crippen LogP contribution in [0.1, 0.15) is 28.2 Å². The maximum atomic E-state index is 4.44. The third kappa shape index (κ3) is 3.63. The van der Waals surface area contributed by atoms with Crippen LogP contribution >= 0.6 is 11.3 Å². The number of piperidine rings is 1. The largest absolute Gasteiger partial charge is 0.357 e. The second kappa shape index (κ2) is 6.58. The van der Waals surface area contributed by atoms with E-state index in [1.165, 1.54) is 28.2 Å². The van der Waals surface area contributed by atoms with Crippen molar-refractivity contribution in [2.75, 3.05) is 18.0 Å². The van der Waals surface area contributed by atoms with Crippen molar-refractivity contribution in [1.29, 1.82) is 0 Å². The van der Waals surface area contributed by atoms with Crippen LogP contribution in [0.15, 0.2) is 30.5 Å². The number of hydrogen-bond donors (Lipinski definition) is 1. The van der Waals surface area contributed by atoms with Gasteiger partial charge in [0.1, 0.15) is 5.82 Å². The summed E-state index contributed by atoms with van der Waals surface area (Å²) in [7, 11) is 0. The van der Waals surface area contributed by atoms with Crippen LogP contribution in [0, 0.1) is 13.8 Å². The van der Waals surface area contributed by atoms with E-state index in [1.807, 2.05) is 23.6 Å². The summed E-state index contributed by atoms with van der Waals surface area (Å²) in [6.45, 7) is 7.59. The summed E-state index contributed by atoms with van der Waals surface area (Å²) in [4.78, 5) is 9.72. The molecule has 0 saturated carbocycles. The van der Waals surface area contributed by atoms with Crippen LogP contribution in [0.4, 0.5) is 5.82 Å². The molecule has 0 aliphatic carbocycles. The van der Waals surface area contributed by atoms with Crippen molar-refractivity contribution < 1.29 is 0 Å². The van der Waals surface area contributed by atoms with Gasteiger partial charge in [-0.05, 0) is 50.5 Å². The van der Waals surface area contributed by atoms with Crippen molar-refractivity contribution >= 4 is 17.2 Å². The van der Waals surface area contributed by atoms with Crippen molar-refractivity contribution in [3.63, 3.8) is 0 Å². The summed E-state index contributed by atoms with van der Waals surface area (Å²) in [6, 6.07) is 9.09. The van der Waals surface area contributed by atoms with Crippen LogP contribution in [0.2, 0.25) is 0 Å². The minimum absolute atomic E-state index is 0.632. The third-order valence-electron chi connectivity index (χ3n) is 4.25. The molecule has 1 fully saturated rings. The molecule has 2 aromatic rings. The summed E-state index contributed by atoms with van der Waals surface area (Å²) >= 11 is 1.92. The molecule has 0 spiro atoms. The van der Waals surface area contributed by atoms with Gasteiger partial charge in [0.05, 0.1) is 0 Å². The molecule has 0 unspecified atom stereocenters. The number of hydrogen-bond acceptors (Lipinski definition) is 4. The van der Waals surface area contributed by atoms with Crippen LogP contribution in [-0.2, 0) is 6.54 Å². The zero-order chi connectivity index (χ0) is 14.7. The first kappa shape index (κ1) is 14.5. The van der Waals surface area contributed by atoms with Crippen LogP contribution in [0.25, 0.3) is 0 Å². The normalized spacial score (nSPS) is 16.4. The van der Waals surface area contributed by atoms with Crippen molar-refractivity contribution in [3.05, 3.63) is 45.8 Å². The van der Waals surface area contributed by atoms with E-state index in [1.54, 1.807) is 0 Å². The van der Waals surface area contributed by atoms with Crippen LogP contribution in [0.3, 0.4) is 0 Å². The minimum atomic E-state index is 0.632. The second-order valence-corrected chi connectivity index (χ2v) is 7.12. The van der Waals surface area contributed by atoms with Crippen molar-refractivity contribution in [1.82, 2.24) is 10.3 Å². The van der Waals surface area contributed by atoms with E-state index in [4.69, 9.17) is 0 Å². The quantitative estimate of drug-likeness (QED) is 0.936. The molecule has 1 saturated heterocycles. The first-order chi connectivity index (χ1) is 10.2. The molecule has 3 heterocycles. The molecule has 112 valence electrons. The lowest BCUT2D eigenvalue weighted by atomic mass is 10.0. The average Bonchev–Trinajstić information content (AvgIpc) is 2.85. The molecule has 0 radical (unpaired) electrons. The van der Waals surface area contributed by atoms with Crippen molar-refractivity contribution in [2.24, 2.45) is 0 Å². The van der Waals surface area contributed by atoms with E-state index in [0.29, 0.717) is 6.04 Å². The maximum Gasteiger partial charge on any atom is 0.128 e. The van der Waals surface area contributed by atoms with Gasteiger partial charge in [0.2, 0.25) is 0 Å². The molecular weight excluding hydrogens is 278 g/mol. The molecule has 0 aromatic carbocycles. The predicted octanol–water partition coefficient (Wildman–Crippen LogP) is 3.52. The van der Waals surface area contributed by atoms with Gasteiger partial charge in [0.15, 0.2) is 0 Å². The molecule has 0 bridgehead atoms. The molecule has 4 heteroatoms. The SMILES string of the molecule is Cc1cc(CNC2CCN(c3ccccn3)CC2)sc1C. The minimum Gasteiger partial charge on any atom is -0.357 e. The van der Waals surface area contributed by atoms with Crippen LogP contribution in [-0.4, -0.2) is 24.1 Å². The molecule has 3 rings (SSSR count). The summed E-state index contributed by atoms with van der Waals surface area (Å²) < 4.78 is 0. The number of nitrogens with one attached hydrogen (secondary N) is 1. The van der Waals surface area contributed by atoms with Crippen LogP contribution in [0.5, 0.6) is 0 Å². The third-order valence-corrected chi connectivity index (χ3v) is 5.40. The van der Waals surface area contributed by atoms with E-state index >= 15 is 0 Å². The first-order valence-electron chi connectivity index (χ1n) is 7.67. The molecule has 0 atom stereocenters. The molecule has 1 N–H and O–H groups in total. The predicted molar refractivity (Wildman–Crippen MR) is 90.1 cm³/mol. The summed E-state index contributed by atoms with van der Waals surface area (Å²) in [5.41, 5.74) is 1.42. The number of aryl methyl sites for hydroxylation is 2. The Kier molecular flexibility index (Phi) is 4.56. The van der Waals surface area contributed by atoms with Crippen molar-refractivity contribution in [3.8, 4) is 0 Å². The zero-order valence-electron chi connectivity index (χ0n) is 12.8. The molecular formula is C17H23N3S. The number of thiophene rings is 1. The molecule has 21 heavy (non-hydrogen) atoms. The molecule has 0 amide bonds. The smallest absolute Gasteiger partial charge is 0.128 e. The number of nitrogens with zero attached hydrogens (tertiary/aromatic N) is 2. The first-order valence-corrected chi connectivity index (χ1v) is 8.49. The van der Waals surface area contributed by atoms with Crippen molar-refractivity contribution in [2.45, 2.75) is 39.3 Å². The Hall–Kier alpha value is -1.39. The Morgan fingerprint density at radius 2 is 2.10 bits per heavy atom. The Labute approximate surface area is 131 Å². The highest BCUT2D eigenvalue weighted by molar-refractivity contribution is 7.12. The zero-order valence-corrected chi connectivity index (χ0v) is 13.6. The lowest BCUT2D eigenvalue weighted by molar-refractivity contribution is 0.414. The van der Waals surface area contributed by atoms with Gasteiger partial charge in [-0.3, -0.25) is 0 Å². The highest BCUT2D eigenvalue weighted by atomic mass is 32.1. The molecule has 1 aliphatic rings. The van der Waals surface area contributed by atoms with Gasteiger partial charge in [-0.2, -0.15) is 0 Å². The lowest BCUT2D eigenvalue weighted by Crippen LogP contribution is -2.42. The fourth-order valence-corrected chi connectivity index (χ4v) is 3.84. The Morgan fingerprint density at radius 1 is 1.29 bits per heavy atom. The fourth-order valence-electron chi connectivity index (χ4n) is 2.84. The van der Waals surface area contributed by atoms with E-state index in [0.717, 1.165) is 25.5 Å². The van der Waals surface area contributed by atoms with Gasteiger partial charge in [-0.15, -0.1) is 11.3 Å². The van der Waals surface area contributed by atoms with Crippen LogP contribution < -0.4 is 10.2 Å². The van der Waals surface area contributed by atoms with E-state index < -0.39 is 0 Å². The Balaban J connectivity index is 1.48. The van der Waals surface area contributed by atoms with Gasteiger partial charge in [0, 0.05) is 41.6 Å². The highest BCUT2D eigenvalue weighted by Gasteiger charge is 2.19. The molecule has 1 aliphatic heterocycles. The number of pyridine rings is 1. The lowest BCUT2D eigenvalue weighted by Gasteiger charge is -2.33. The van der Waals surface area contributed by atoms with Gasteiger partial charge < -0.3 is 10.2 Å². The number of rotatable bonds is 4. The van der Waals surface area contributed by atoms with Gasteiger partial charge in [0.25, 0.3) is 0 Å². The molecule has 2 aromatic heterocycles. The summed E-state index contributed by atoms with van der Waals surface area (Å²) in [6.07, 6.45) is 4.26. The van der Waals surface area contributed by atoms with E-state index in [9.17, 15) is 0 Å². The van der Waals surface area contributed by atoms with E-state index in [-0.39, 0.29) is 0 Å². The second-order valence-electron chi connectivity index (χ2n) is 5.78. The summed E-state index contributed by atoms with van der Waals surface area (Å²) in [5.74, 6) is 1.11. The standard InChI is InChI=1S/C17H23N3S/c1-13-11-16(21-14(13)2)12-19-15-6-9-20(10-7-15)17-5-3-4-8-18-17/h3-5,8,11,15,19H,6-7,9-10,12H2,1-2H3. The topological polar surface area (TPSA) is 28.2 Å². The van der Waals surface area contributed by atoms with E-state index in [2.05, 4.69) is 47.2 Å². The highest BCUT2D eigenvalue weighted by Crippen LogP contribution is 2.22. The van der Waals surface area contributed by atoms with Gasteiger partial charge in [-0.1, -0.05) is 6.07 Å². The monoisotopic (exact) mass is 301 g/mol.